The van der Waals surface area contributed by atoms with Gasteiger partial charge in [0, 0.05) is 17.1 Å². The fourth-order valence-electron chi connectivity index (χ4n) is 3.24. The predicted molar refractivity (Wildman–Crippen MR) is 132 cm³/mol. The van der Waals surface area contributed by atoms with E-state index in [0.29, 0.717) is 28.1 Å². The highest BCUT2D eigenvalue weighted by Gasteiger charge is 2.21. The number of aromatic nitrogens is 4. The lowest BCUT2D eigenvalue weighted by Crippen LogP contribution is -2.30. The van der Waals surface area contributed by atoms with Crippen molar-refractivity contribution in [2.24, 2.45) is 0 Å². The molecule has 0 aliphatic heterocycles. The third-order valence-electron chi connectivity index (χ3n) is 4.95. The first kappa shape index (κ1) is 24.7. The van der Waals surface area contributed by atoms with Crippen molar-refractivity contribution >= 4 is 44.6 Å². The molecule has 12 heteroatoms. The highest BCUT2D eigenvalue weighted by Crippen LogP contribution is 2.18. The van der Waals surface area contributed by atoms with Crippen molar-refractivity contribution < 1.29 is 22.7 Å². The van der Waals surface area contributed by atoms with Crippen LogP contribution in [0.2, 0.25) is 0 Å². The summed E-state index contributed by atoms with van der Waals surface area (Å²) in [5.74, 6) is -1.43. The molecule has 1 atom stereocenters. The molecule has 0 saturated heterocycles. The zero-order valence-corrected chi connectivity index (χ0v) is 20.4. The lowest BCUT2D eigenvalue weighted by molar-refractivity contribution is -0.123. The Labute approximate surface area is 207 Å². The quantitative estimate of drug-likeness (QED) is 0.360. The number of sulfonamides is 1. The van der Waals surface area contributed by atoms with Gasteiger partial charge in [0.15, 0.2) is 11.8 Å². The van der Waals surface area contributed by atoms with E-state index in [1.807, 2.05) is 0 Å². The van der Waals surface area contributed by atoms with Crippen LogP contribution in [-0.4, -0.2) is 46.3 Å². The van der Waals surface area contributed by atoms with E-state index in [0.717, 1.165) is 0 Å². The van der Waals surface area contributed by atoms with Gasteiger partial charge in [0.05, 0.1) is 22.1 Å². The summed E-state index contributed by atoms with van der Waals surface area (Å²) in [5.41, 5.74) is 2.69. The van der Waals surface area contributed by atoms with Crippen molar-refractivity contribution in [3.05, 3.63) is 77.9 Å². The number of aryl methyl sites for hydroxylation is 2. The third-order valence-corrected chi connectivity index (χ3v) is 6.29. The van der Waals surface area contributed by atoms with Gasteiger partial charge >= 0.3 is 5.97 Å². The topological polar surface area (TPSA) is 153 Å². The Bertz CT molecular complexity index is 1540. The highest BCUT2D eigenvalue weighted by molar-refractivity contribution is 7.92. The van der Waals surface area contributed by atoms with Crippen LogP contribution < -0.4 is 10.0 Å². The standard InChI is InChI=1S/C24H22N6O5S/c1-14-12-15(2)27-24(26-14)30-36(33,34)18-10-8-17(9-11-18)28-22(31)16(3)35-23(32)21-13-25-19-6-4-5-7-20(19)29-21/h4-13,16H,1-3H3,(H,28,31)(H,26,27,30). The van der Waals surface area contributed by atoms with Gasteiger partial charge in [-0.15, -0.1) is 0 Å². The minimum atomic E-state index is -3.94. The first-order valence-corrected chi connectivity index (χ1v) is 12.3. The van der Waals surface area contributed by atoms with Gasteiger partial charge in [0.25, 0.3) is 15.9 Å². The second kappa shape index (κ2) is 10.0. The minimum Gasteiger partial charge on any atom is -0.448 e. The summed E-state index contributed by atoms with van der Waals surface area (Å²) < 4.78 is 32.9. The molecule has 0 fully saturated rings. The van der Waals surface area contributed by atoms with Gasteiger partial charge in [-0.3, -0.25) is 9.78 Å². The number of carbonyl (C=O) groups is 2. The van der Waals surface area contributed by atoms with Crippen LogP contribution in [0.5, 0.6) is 0 Å². The van der Waals surface area contributed by atoms with E-state index in [9.17, 15) is 18.0 Å². The van der Waals surface area contributed by atoms with E-state index >= 15 is 0 Å². The molecule has 1 amide bonds. The van der Waals surface area contributed by atoms with Gasteiger partial charge in [0.2, 0.25) is 5.95 Å². The number of amides is 1. The summed E-state index contributed by atoms with van der Waals surface area (Å²) in [5, 5.41) is 2.58. The summed E-state index contributed by atoms with van der Waals surface area (Å²) in [6.07, 6.45) is 0.142. The zero-order valence-electron chi connectivity index (χ0n) is 19.6. The van der Waals surface area contributed by atoms with Crippen LogP contribution in [0, 0.1) is 13.8 Å². The molecule has 0 radical (unpaired) electrons. The summed E-state index contributed by atoms with van der Waals surface area (Å²) in [4.78, 5) is 41.4. The number of para-hydroxylation sites is 2. The number of esters is 1. The molecule has 0 bridgehead atoms. The molecule has 2 N–H and O–H groups in total. The van der Waals surface area contributed by atoms with Gasteiger partial charge in [-0.25, -0.2) is 32.9 Å². The number of nitrogens with one attached hydrogen (secondary N) is 2. The molecule has 2 aromatic carbocycles. The van der Waals surface area contributed by atoms with Crippen molar-refractivity contribution in [2.45, 2.75) is 31.8 Å². The van der Waals surface area contributed by atoms with Crippen LogP contribution in [0.1, 0.15) is 28.8 Å². The first-order valence-electron chi connectivity index (χ1n) is 10.8. The summed E-state index contributed by atoms with van der Waals surface area (Å²) in [6.45, 7) is 4.88. The van der Waals surface area contributed by atoms with E-state index in [2.05, 4.69) is 30.0 Å². The molecule has 184 valence electrons. The molecule has 0 saturated carbocycles. The number of nitrogens with zero attached hydrogens (tertiary/aromatic N) is 4. The Morgan fingerprint density at radius 2 is 1.56 bits per heavy atom. The Morgan fingerprint density at radius 3 is 2.22 bits per heavy atom. The van der Waals surface area contributed by atoms with Crippen molar-refractivity contribution in [3.63, 3.8) is 0 Å². The normalized spacial score (nSPS) is 12.1. The lowest BCUT2D eigenvalue weighted by atomic mass is 10.3. The maximum atomic E-state index is 12.7. The van der Waals surface area contributed by atoms with E-state index in [-0.39, 0.29) is 16.5 Å². The number of ether oxygens (including phenoxy) is 1. The van der Waals surface area contributed by atoms with Gasteiger partial charge < -0.3 is 10.1 Å². The number of rotatable bonds is 7. The highest BCUT2D eigenvalue weighted by atomic mass is 32.2. The minimum absolute atomic E-state index is 0.0248. The fraction of sp³-hybridized carbons (Fsp3) is 0.167. The fourth-order valence-corrected chi connectivity index (χ4v) is 4.19. The SMILES string of the molecule is Cc1cc(C)nc(NS(=O)(=O)c2ccc(NC(=O)C(C)OC(=O)c3cnc4ccccc4n3)cc2)n1. The van der Waals surface area contributed by atoms with E-state index in [1.54, 1.807) is 44.2 Å². The number of benzene rings is 2. The summed E-state index contributed by atoms with van der Waals surface area (Å²) in [7, 11) is -3.94. The monoisotopic (exact) mass is 506 g/mol. The Morgan fingerprint density at radius 1 is 0.917 bits per heavy atom. The molecular weight excluding hydrogens is 484 g/mol. The third kappa shape index (κ3) is 5.78. The lowest BCUT2D eigenvalue weighted by Gasteiger charge is -2.14. The molecule has 2 heterocycles. The van der Waals surface area contributed by atoms with Gasteiger partial charge in [-0.2, -0.15) is 0 Å². The molecular formula is C24H22N6O5S. The number of anilines is 2. The van der Waals surface area contributed by atoms with Gasteiger partial charge in [-0.1, -0.05) is 12.1 Å². The van der Waals surface area contributed by atoms with Crippen LogP contribution in [0.3, 0.4) is 0 Å². The average molecular weight is 507 g/mol. The molecule has 36 heavy (non-hydrogen) atoms. The molecule has 2 aromatic heterocycles. The predicted octanol–water partition coefficient (Wildman–Crippen LogP) is 3.02. The van der Waals surface area contributed by atoms with E-state index < -0.39 is 28.0 Å². The second-order valence-corrected chi connectivity index (χ2v) is 9.57. The molecule has 0 aliphatic rings. The first-order chi connectivity index (χ1) is 17.1. The van der Waals surface area contributed by atoms with Crippen LogP contribution in [0.25, 0.3) is 11.0 Å². The van der Waals surface area contributed by atoms with Crippen LogP contribution >= 0.6 is 0 Å². The Hall–Kier alpha value is -4.45. The smallest absolute Gasteiger partial charge is 0.359 e. The summed E-state index contributed by atoms with van der Waals surface area (Å²) >= 11 is 0. The van der Waals surface area contributed by atoms with Crippen molar-refractivity contribution in [1.29, 1.82) is 0 Å². The van der Waals surface area contributed by atoms with Crippen molar-refractivity contribution in [2.75, 3.05) is 10.0 Å². The average Bonchev–Trinajstić information content (AvgIpc) is 2.83. The molecule has 1 unspecified atom stereocenters. The van der Waals surface area contributed by atoms with Crippen LogP contribution in [0.4, 0.5) is 11.6 Å². The van der Waals surface area contributed by atoms with Crippen molar-refractivity contribution in [1.82, 2.24) is 19.9 Å². The van der Waals surface area contributed by atoms with Gasteiger partial charge in [-0.05, 0) is 63.2 Å². The number of hydrogen-bond donors (Lipinski definition) is 2. The molecule has 11 nitrogen and oxygen atoms in total. The van der Waals surface area contributed by atoms with Gasteiger partial charge in [0.1, 0.15) is 0 Å². The van der Waals surface area contributed by atoms with E-state index in [4.69, 9.17) is 4.74 Å². The largest absolute Gasteiger partial charge is 0.448 e. The molecule has 4 rings (SSSR count). The molecule has 0 spiro atoms. The Kier molecular flexibility index (Phi) is 6.88. The maximum Gasteiger partial charge on any atom is 0.359 e. The van der Waals surface area contributed by atoms with E-state index in [1.165, 1.54) is 37.4 Å². The molecule has 4 aromatic rings. The number of carbonyl (C=O) groups excluding carboxylic acids is 2. The van der Waals surface area contributed by atoms with Crippen LogP contribution in [0.15, 0.2) is 65.7 Å². The van der Waals surface area contributed by atoms with Crippen LogP contribution in [-0.2, 0) is 19.6 Å². The number of fused-ring (bicyclic) bond motifs is 1. The zero-order chi connectivity index (χ0) is 25.9. The second-order valence-electron chi connectivity index (χ2n) is 7.88. The molecule has 0 aliphatic carbocycles. The number of hydrogen-bond acceptors (Lipinski definition) is 9. The van der Waals surface area contributed by atoms with Crippen molar-refractivity contribution in [3.8, 4) is 0 Å². The Balaban J connectivity index is 1.38. The maximum absolute atomic E-state index is 12.7. The summed E-state index contributed by atoms with van der Waals surface area (Å²) in [6, 6.07) is 14.2.